The van der Waals surface area contributed by atoms with Crippen molar-refractivity contribution in [1.29, 1.82) is 0 Å². The molecule has 1 heterocycles. The number of aromatic nitrogens is 2. The molecule has 0 amide bonds. The minimum absolute atomic E-state index is 0.235. The van der Waals surface area contributed by atoms with E-state index in [1.807, 2.05) is 0 Å². The number of halogens is 1. The summed E-state index contributed by atoms with van der Waals surface area (Å²) in [6.45, 7) is 2.82. The first-order valence-electron chi connectivity index (χ1n) is 5.46. The molecule has 0 saturated carbocycles. The molecule has 96 valence electrons. The second-order valence-electron chi connectivity index (χ2n) is 3.53. The van der Waals surface area contributed by atoms with Crippen LogP contribution in [0.2, 0.25) is 0 Å². The summed E-state index contributed by atoms with van der Waals surface area (Å²) in [5, 5.41) is 23.9. The fourth-order valence-electron chi connectivity index (χ4n) is 1.09. The number of aliphatic hydroxyl groups is 2. The smallest absolute Gasteiger partial charge is 0.224 e. The average Bonchev–Trinajstić information content (AvgIpc) is 2.35. The van der Waals surface area contributed by atoms with Crippen LogP contribution in [0, 0.1) is 0 Å². The summed E-state index contributed by atoms with van der Waals surface area (Å²) in [4.78, 5) is 8.35. The Morgan fingerprint density at radius 2 is 2.24 bits per heavy atom. The minimum Gasteiger partial charge on any atom is -0.394 e. The maximum atomic E-state index is 9.23. The second-order valence-corrected chi connectivity index (χ2v) is 4.39. The van der Waals surface area contributed by atoms with Crippen molar-refractivity contribution in [2.75, 3.05) is 30.3 Å². The number of rotatable bonds is 7. The lowest BCUT2D eigenvalue weighted by Gasteiger charge is -2.12. The Labute approximate surface area is 109 Å². The lowest BCUT2D eigenvalue weighted by atomic mass is 10.4. The van der Waals surface area contributed by atoms with Crippen LogP contribution in [-0.2, 0) is 0 Å². The van der Waals surface area contributed by atoms with E-state index in [0.717, 1.165) is 13.0 Å². The highest BCUT2D eigenvalue weighted by atomic mass is 79.9. The summed E-state index contributed by atoms with van der Waals surface area (Å²) >= 11 is 3.31. The molecule has 0 radical (unpaired) electrons. The summed E-state index contributed by atoms with van der Waals surface area (Å²) in [5.74, 6) is 1.13. The summed E-state index contributed by atoms with van der Waals surface area (Å²) in [5.41, 5.74) is 0. The molecule has 1 aromatic rings. The number of hydrogen-bond donors (Lipinski definition) is 4. The van der Waals surface area contributed by atoms with Crippen LogP contribution in [0.1, 0.15) is 13.3 Å². The van der Waals surface area contributed by atoms with Gasteiger partial charge in [0.2, 0.25) is 5.95 Å². The molecule has 0 bridgehead atoms. The minimum atomic E-state index is -0.802. The Balaban J connectivity index is 2.62. The summed E-state index contributed by atoms with van der Waals surface area (Å²) in [6.07, 6.45) is 1.83. The van der Waals surface area contributed by atoms with Crippen LogP contribution >= 0.6 is 15.9 Å². The topological polar surface area (TPSA) is 90.3 Å². The molecule has 1 aromatic heterocycles. The zero-order valence-corrected chi connectivity index (χ0v) is 11.2. The van der Waals surface area contributed by atoms with Gasteiger partial charge in [-0.1, -0.05) is 6.92 Å². The van der Waals surface area contributed by atoms with Crippen molar-refractivity contribution in [2.24, 2.45) is 0 Å². The standard InChI is InChI=1S/C10H17BrN4O2/c1-2-3-12-10-14-5-8(11)9(15-10)13-4-7(17)6-16/h5,7,16-17H,2-4,6H2,1H3,(H2,12,13,14,15). The van der Waals surface area contributed by atoms with E-state index in [-0.39, 0.29) is 13.2 Å². The molecule has 1 atom stereocenters. The van der Waals surface area contributed by atoms with Gasteiger partial charge in [0.05, 0.1) is 17.2 Å². The van der Waals surface area contributed by atoms with Crippen LogP contribution in [0.3, 0.4) is 0 Å². The van der Waals surface area contributed by atoms with Gasteiger partial charge in [-0.3, -0.25) is 0 Å². The molecule has 0 spiro atoms. The van der Waals surface area contributed by atoms with Crippen molar-refractivity contribution in [2.45, 2.75) is 19.4 Å². The van der Waals surface area contributed by atoms with Crippen LogP contribution in [-0.4, -0.2) is 46.0 Å². The van der Waals surface area contributed by atoms with Crippen LogP contribution in [0.15, 0.2) is 10.7 Å². The molecule has 0 aliphatic heterocycles. The summed E-state index contributed by atoms with van der Waals surface area (Å²) < 4.78 is 0.713. The number of nitrogens with one attached hydrogen (secondary N) is 2. The lowest BCUT2D eigenvalue weighted by Crippen LogP contribution is -2.23. The van der Waals surface area contributed by atoms with Gasteiger partial charge in [0.25, 0.3) is 0 Å². The molecule has 0 aliphatic rings. The molecule has 6 nitrogen and oxygen atoms in total. The normalized spacial score (nSPS) is 12.2. The van der Waals surface area contributed by atoms with Gasteiger partial charge < -0.3 is 20.8 Å². The van der Waals surface area contributed by atoms with Gasteiger partial charge >= 0.3 is 0 Å². The van der Waals surface area contributed by atoms with Crippen LogP contribution in [0.25, 0.3) is 0 Å². The van der Waals surface area contributed by atoms with Crippen LogP contribution in [0.5, 0.6) is 0 Å². The van der Waals surface area contributed by atoms with Gasteiger partial charge in [0, 0.05) is 19.3 Å². The van der Waals surface area contributed by atoms with Gasteiger partial charge in [-0.25, -0.2) is 4.98 Å². The lowest BCUT2D eigenvalue weighted by molar-refractivity contribution is 0.105. The van der Waals surface area contributed by atoms with Gasteiger partial charge in [-0.2, -0.15) is 4.98 Å². The third kappa shape index (κ3) is 4.84. The van der Waals surface area contributed by atoms with E-state index in [2.05, 4.69) is 43.5 Å². The summed E-state index contributed by atoms with van der Waals surface area (Å²) in [7, 11) is 0. The Morgan fingerprint density at radius 1 is 1.47 bits per heavy atom. The van der Waals surface area contributed by atoms with E-state index < -0.39 is 6.10 Å². The molecule has 1 unspecified atom stereocenters. The monoisotopic (exact) mass is 304 g/mol. The molecule has 1 rings (SSSR count). The number of anilines is 2. The number of hydrogen-bond acceptors (Lipinski definition) is 6. The van der Waals surface area contributed by atoms with E-state index in [9.17, 15) is 5.11 Å². The van der Waals surface area contributed by atoms with E-state index in [0.29, 0.717) is 16.2 Å². The van der Waals surface area contributed by atoms with E-state index in [4.69, 9.17) is 5.11 Å². The maximum absolute atomic E-state index is 9.23. The quantitative estimate of drug-likeness (QED) is 0.596. The summed E-state index contributed by atoms with van der Waals surface area (Å²) in [6, 6.07) is 0. The first-order chi connectivity index (χ1) is 8.17. The third-order valence-electron chi connectivity index (χ3n) is 1.99. The zero-order valence-electron chi connectivity index (χ0n) is 9.65. The fourth-order valence-corrected chi connectivity index (χ4v) is 1.42. The van der Waals surface area contributed by atoms with Crippen molar-refractivity contribution in [3.8, 4) is 0 Å². The van der Waals surface area contributed by atoms with Crippen molar-refractivity contribution < 1.29 is 10.2 Å². The molecule has 7 heteroatoms. The van der Waals surface area contributed by atoms with Crippen molar-refractivity contribution in [1.82, 2.24) is 9.97 Å². The Morgan fingerprint density at radius 3 is 2.88 bits per heavy atom. The molecular formula is C10H17BrN4O2. The average molecular weight is 305 g/mol. The van der Waals surface area contributed by atoms with Gasteiger partial charge in [0.1, 0.15) is 5.82 Å². The van der Waals surface area contributed by atoms with Crippen LogP contribution < -0.4 is 10.6 Å². The molecule has 0 aromatic carbocycles. The van der Waals surface area contributed by atoms with E-state index >= 15 is 0 Å². The van der Waals surface area contributed by atoms with E-state index in [1.165, 1.54) is 0 Å². The predicted molar refractivity (Wildman–Crippen MR) is 70.1 cm³/mol. The van der Waals surface area contributed by atoms with Crippen LogP contribution in [0.4, 0.5) is 11.8 Å². The molecule has 0 fully saturated rings. The first-order valence-corrected chi connectivity index (χ1v) is 6.25. The zero-order chi connectivity index (χ0) is 12.7. The van der Waals surface area contributed by atoms with Crippen molar-refractivity contribution in [3.63, 3.8) is 0 Å². The highest BCUT2D eigenvalue weighted by molar-refractivity contribution is 9.10. The van der Waals surface area contributed by atoms with Gasteiger partial charge in [0.15, 0.2) is 0 Å². The van der Waals surface area contributed by atoms with Crippen molar-refractivity contribution in [3.05, 3.63) is 10.7 Å². The molecule has 17 heavy (non-hydrogen) atoms. The number of nitrogens with zero attached hydrogens (tertiary/aromatic N) is 2. The van der Waals surface area contributed by atoms with Crippen molar-refractivity contribution >= 4 is 27.7 Å². The predicted octanol–water partition coefficient (Wildman–Crippen LogP) is 0.826. The molecule has 0 aliphatic carbocycles. The molecule has 4 N–H and O–H groups in total. The maximum Gasteiger partial charge on any atom is 0.224 e. The highest BCUT2D eigenvalue weighted by Crippen LogP contribution is 2.19. The number of aliphatic hydroxyl groups excluding tert-OH is 2. The Kier molecular flexibility index (Phi) is 6.17. The van der Waals surface area contributed by atoms with Gasteiger partial charge in [-0.15, -0.1) is 0 Å². The largest absolute Gasteiger partial charge is 0.394 e. The fraction of sp³-hybridized carbons (Fsp3) is 0.600. The molecule has 0 saturated heterocycles. The van der Waals surface area contributed by atoms with E-state index in [1.54, 1.807) is 6.20 Å². The highest BCUT2D eigenvalue weighted by Gasteiger charge is 2.07. The second kappa shape index (κ2) is 7.41. The Hall–Kier alpha value is -0.920. The van der Waals surface area contributed by atoms with Gasteiger partial charge in [-0.05, 0) is 22.4 Å². The molecular weight excluding hydrogens is 288 g/mol. The Bertz CT molecular complexity index is 351. The first kappa shape index (κ1) is 14.1. The third-order valence-corrected chi connectivity index (χ3v) is 2.57. The SMILES string of the molecule is CCCNc1ncc(Br)c(NCC(O)CO)n1.